The molecule has 0 radical (unpaired) electrons. The van der Waals surface area contributed by atoms with Crippen LogP contribution in [0.25, 0.3) is 0 Å². The molecule has 0 bridgehead atoms. The van der Waals surface area contributed by atoms with Crippen molar-refractivity contribution in [2.45, 2.75) is 27.2 Å². The van der Waals surface area contributed by atoms with Crippen molar-refractivity contribution in [2.75, 3.05) is 18.8 Å². The predicted molar refractivity (Wildman–Crippen MR) is 74.2 cm³/mol. The molecule has 2 N–H and O–H groups in total. The van der Waals surface area contributed by atoms with Crippen LogP contribution >= 0.6 is 0 Å². The number of hydrogen-bond acceptors (Lipinski definition) is 2. The maximum absolute atomic E-state index is 13.4. The highest BCUT2D eigenvalue weighted by Crippen LogP contribution is 2.34. The zero-order valence-electron chi connectivity index (χ0n) is 12.0. The van der Waals surface area contributed by atoms with E-state index in [1.807, 2.05) is 0 Å². The maximum Gasteiger partial charge on any atom is 0.254 e. The van der Waals surface area contributed by atoms with E-state index in [-0.39, 0.29) is 16.9 Å². The van der Waals surface area contributed by atoms with E-state index in [2.05, 4.69) is 20.8 Å². The fourth-order valence-corrected chi connectivity index (χ4v) is 2.54. The van der Waals surface area contributed by atoms with Crippen LogP contribution in [0.3, 0.4) is 0 Å². The highest BCUT2D eigenvalue weighted by Gasteiger charge is 2.34. The number of nitrogens with zero attached hydrogens (tertiary/aromatic N) is 1. The monoisotopic (exact) mass is 282 g/mol. The van der Waals surface area contributed by atoms with Crippen LogP contribution in [0, 0.1) is 23.0 Å². The average molecular weight is 282 g/mol. The largest absolute Gasteiger partial charge is 0.394 e. The lowest BCUT2D eigenvalue weighted by atomic mass is 9.80. The lowest BCUT2D eigenvalue weighted by molar-refractivity contribution is 0.0775. The first-order chi connectivity index (χ1) is 9.20. The second-order valence-electron chi connectivity index (χ2n) is 6.46. The summed E-state index contributed by atoms with van der Waals surface area (Å²) in [5, 5.41) is 0. The van der Waals surface area contributed by atoms with Gasteiger partial charge in [0, 0.05) is 18.7 Å². The minimum atomic E-state index is -0.889. The second-order valence-corrected chi connectivity index (χ2v) is 6.46. The average Bonchev–Trinajstić information content (AvgIpc) is 2.83. The topological polar surface area (TPSA) is 46.3 Å². The number of amides is 1. The molecule has 1 aliphatic rings. The number of anilines is 1. The Bertz CT molecular complexity index is 514. The Labute approximate surface area is 117 Å². The Balaban J connectivity index is 2.17. The number of carbonyl (C=O) groups excluding carboxylic acids is 1. The Morgan fingerprint density at radius 3 is 2.30 bits per heavy atom. The number of carbonyl (C=O) groups is 1. The molecule has 3 nitrogen and oxygen atoms in total. The lowest BCUT2D eigenvalue weighted by Crippen LogP contribution is -2.31. The van der Waals surface area contributed by atoms with Crippen LogP contribution in [0.2, 0.25) is 0 Å². The van der Waals surface area contributed by atoms with E-state index < -0.39 is 17.3 Å². The van der Waals surface area contributed by atoms with Gasteiger partial charge in [0.2, 0.25) is 0 Å². The summed E-state index contributed by atoms with van der Waals surface area (Å²) < 4.78 is 26.8. The highest BCUT2D eigenvalue weighted by molar-refractivity contribution is 5.94. The predicted octanol–water partition coefficient (Wildman–Crippen LogP) is 3.06. The third-order valence-electron chi connectivity index (χ3n) is 4.03. The normalized spacial score (nSPS) is 19.4. The van der Waals surface area contributed by atoms with Crippen LogP contribution in [0.4, 0.5) is 14.5 Å². The summed E-state index contributed by atoms with van der Waals surface area (Å²) in [6, 6.07) is 2.01. The van der Waals surface area contributed by atoms with E-state index >= 15 is 0 Å². The molecule has 110 valence electrons. The Morgan fingerprint density at radius 2 is 1.85 bits per heavy atom. The molecule has 0 saturated carbocycles. The number of hydrogen-bond donors (Lipinski definition) is 1. The van der Waals surface area contributed by atoms with Crippen LogP contribution < -0.4 is 5.73 Å². The molecule has 5 heteroatoms. The van der Waals surface area contributed by atoms with Gasteiger partial charge in [0.05, 0.1) is 0 Å². The van der Waals surface area contributed by atoms with Gasteiger partial charge < -0.3 is 10.6 Å². The maximum atomic E-state index is 13.4. The molecule has 1 aliphatic heterocycles. The number of benzene rings is 1. The van der Waals surface area contributed by atoms with Crippen LogP contribution in [-0.4, -0.2) is 23.9 Å². The standard InChI is InChI=1S/C15H20F2N2O/c1-15(2,3)10-4-5-19(8-10)14(20)9-6-11(16)13(18)12(17)7-9/h6-7,10H,4-5,8,18H2,1-3H3. The third-order valence-corrected chi connectivity index (χ3v) is 4.03. The molecule has 0 aromatic heterocycles. The van der Waals surface area contributed by atoms with Crippen molar-refractivity contribution in [1.82, 2.24) is 4.90 Å². The van der Waals surface area contributed by atoms with Crippen molar-refractivity contribution in [3.63, 3.8) is 0 Å². The van der Waals surface area contributed by atoms with Gasteiger partial charge in [-0.15, -0.1) is 0 Å². The molecule has 1 amide bonds. The number of nitrogen functional groups attached to an aromatic ring is 1. The van der Waals surface area contributed by atoms with Crippen molar-refractivity contribution in [2.24, 2.45) is 11.3 Å². The highest BCUT2D eigenvalue weighted by atomic mass is 19.1. The Kier molecular flexibility index (Phi) is 3.71. The smallest absolute Gasteiger partial charge is 0.254 e. The number of halogens is 2. The van der Waals surface area contributed by atoms with Gasteiger partial charge in [-0.05, 0) is 29.9 Å². The van der Waals surface area contributed by atoms with E-state index in [0.29, 0.717) is 19.0 Å². The Hall–Kier alpha value is -1.65. The fourth-order valence-electron chi connectivity index (χ4n) is 2.54. The summed E-state index contributed by atoms with van der Waals surface area (Å²) in [6.45, 7) is 7.64. The molecule has 1 aromatic carbocycles. The second kappa shape index (κ2) is 5.04. The van der Waals surface area contributed by atoms with Crippen LogP contribution in [-0.2, 0) is 0 Å². The summed E-state index contributed by atoms with van der Waals surface area (Å²) in [5.74, 6) is -1.72. The van der Waals surface area contributed by atoms with Crippen molar-refractivity contribution < 1.29 is 13.6 Å². The zero-order valence-corrected chi connectivity index (χ0v) is 12.0. The van der Waals surface area contributed by atoms with Gasteiger partial charge in [0.15, 0.2) is 0 Å². The SMILES string of the molecule is CC(C)(C)C1CCN(C(=O)c2cc(F)c(N)c(F)c2)C1. The number of nitrogens with two attached hydrogens (primary N) is 1. The van der Waals surface area contributed by atoms with E-state index in [1.165, 1.54) is 0 Å². The number of likely N-dealkylation sites (tertiary alicyclic amines) is 1. The van der Waals surface area contributed by atoms with Gasteiger partial charge in [-0.2, -0.15) is 0 Å². The summed E-state index contributed by atoms with van der Waals surface area (Å²) in [5.41, 5.74) is 4.80. The molecule has 0 spiro atoms. The lowest BCUT2D eigenvalue weighted by Gasteiger charge is -2.27. The van der Waals surface area contributed by atoms with Gasteiger partial charge in [-0.1, -0.05) is 20.8 Å². The molecule has 20 heavy (non-hydrogen) atoms. The van der Waals surface area contributed by atoms with Crippen LogP contribution in [0.1, 0.15) is 37.6 Å². The minimum Gasteiger partial charge on any atom is -0.394 e. The summed E-state index contributed by atoms with van der Waals surface area (Å²) in [7, 11) is 0. The van der Waals surface area contributed by atoms with Gasteiger partial charge >= 0.3 is 0 Å². The molecule has 1 heterocycles. The van der Waals surface area contributed by atoms with Gasteiger partial charge in [-0.25, -0.2) is 8.78 Å². The summed E-state index contributed by atoms with van der Waals surface area (Å²) in [6.07, 6.45) is 0.912. The molecule has 1 fully saturated rings. The van der Waals surface area contributed by atoms with Gasteiger partial charge in [-0.3, -0.25) is 4.79 Å². The number of rotatable bonds is 1. The first-order valence-electron chi connectivity index (χ1n) is 6.74. The van der Waals surface area contributed by atoms with Crippen molar-refractivity contribution >= 4 is 11.6 Å². The first kappa shape index (κ1) is 14.8. The van der Waals surface area contributed by atoms with Gasteiger partial charge in [0.1, 0.15) is 17.3 Å². The van der Waals surface area contributed by atoms with E-state index in [1.54, 1.807) is 4.90 Å². The summed E-state index contributed by atoms with van der Waals surface area (Å²) >= 11 is 0. The minimum absolute atomic E-state index is 0.0174. The molecular weight excluding hydrogens is 262 g/mol. The molecular formula is C15H20F2N2O. The van der Waals surface area contributed by atoms with E-state index in [0.717, 1.165) is 18.6 Å². The van der Waals surface area contributed by atoms with Crippen LogP contribution in [0.5, 0.6) is 0 Å². The van der Waals surface area contributed by atoms with E-state index in [9.17, 15) is 13.6 Å². The van der Waals surface area contributed by atoms with Crippen molar-refractivity contribution in [3.05, 3.63) is 29.3 Å². The molecule has 1 aromatic rings. The van der Waals surface area contributed by atoms with Crippen molar-refractivity contribution in [1.29, 1.82) is 0 Å². The quantitative estimate of drug-likeness (QED) is 0.805. The Morgan fingerprint density at radius 1 is 1.30 bits per heavy atom. The van der Waals surface area contributed by atoms with Crippen molar-refractivity contribution in [3.8, 4) is 0 Å². The molecule has 2 rings (SSSR count). The van der Waals surface area contributed by atoms with Gasteiger partial charge in [0.25, 0.3) is 5.91 Å². The van der Waals surface area contributed by atoms with Crippen LogP contribution in [0.15, 0.2) is 12.1 Å². The molecule has 1 saturated heterocycles. The molecule has 0 aliphatic carbocycles. The fraction of sp³-hybridized carbons (Fsp3) is 0.533. The zero-order chi connectivity index (χ0) is 15.1. The molecule has 1 unspecified atom stereocenters. The third kappa shape index (κ3) is 2.76. The van der Waals surface area contributed by atoms with E-state index in [4.69, 9.17) is 5.73 Å². The molecule has 1 atom stereocenters. The summed E-state index contributed by atoms with van der Waals surface area (Å²) in [4.78, 5) is 13.9. The first-order valence-corrected chi connectivity index (χ1v) is 6.74.